The summed E-state index contributed by atoms with van der Waals surface area (Å²) in [6.45, 7) is 0. The minimum absolute atomic E-state index is 0.0325. The van der Waals surface area contributed by atoms with Gasteiger partial charge in [0.2, 0.25) is 5.78 Å². The van der Waals surface area contributed by atoms with E-state index >= 15 is 0 Å². The van der Waals surface area contributed by atoms with Crippen molar-refractivity contribution in [2.75, 3.05) is 4.90 Å². The number of carbonyl (C=O) groups excluding carboxylic acids is 2. The highest BCUT2D eigenvalue weighted by atomic mass is 35.5. The summed E-state index contributed by atoms with van der Waals surface area (Å²) in [6.07, 6.45) is -3.26. The van der Waals surface area contributed by atoms with E-state index in [0.29, 0.717) is 16.0 Å². The van der Waals surface area contributed by atoms with Crippen molar-refractivity contribution in [2.24, 2.45) is 0 Å². The fourth-order valence-corrected chi connectivity index (χ4v) is 4.07. The van der Waals surface area contributed by atoms with Crippen molar-refractivity contribution in [3.05, 3.63) is 100 Å². The summed E-state index contributed by atoms with van der Waals surface area (Å²) in [7, 11) is 0. The van der Waals surface area contributed by atoms with Gasteiger partial charge in [-0.25, -0.2) is 0 Å². The van der Waals surface area contributed by atoms with Crippen LogP contribution in [0.4, 0.5) is 18.9 Å². The number of benzene rings is 2. The number of aliphatic hydroxyl groups is 1. The number of alkyl halides is 3. The van der Waals surface area contributed by atoms with Gasteiger partial charge in [-0.05, 0) is 60.7 Å². The minimum atomic E-state index is -4.57. The van der Waals surface area contributed by atoms with Crippen LogP contribution in [0.25, 0.3) is 11.0 Å². The second-order valence-corrected chi connectivity index (χ2v) is 7.96. The van der Waals surface area contributed by atoms with Gasteiger partial charge in [-0.2, -0.15) is 13.2 Å². The van der Waals surface area contributed by atoms with Crippen molar-refractivity contribution in [1.82, 2.24) is 0 Å². The minimum Gasteiger partial charge on any atom is -0.503 e. The van der Waals surface area contributed by atoms with Gasteiger partial charge < -0.3 is 13.9 Å². The van der Waals surface area contributed by atoms with Gasteiger partial charge in [0.1, 0.15) is 17.4 Å². The molecule has 4 aromatic rings. The van der Waals surface area contributed by atoms with Gasteiger partial charge in [0, 0.05) is 16.1 Å². The molecule has 1 unspecified atom stereocenters. The molecule has 1 atom stereocenters. The molecular weight excluding hydrogens is 475 g/mol. The lowest BCUT2D eigenvalue weighted by atomic mass is 9.99. The van der Waals surface area contributed by atoms with Crippen LogP contribution in [0, 0.1) is 0 Å². The Hall–Kier alpha value is -3.98. The Labute approximate surface area is 194 Å². The Bertz CT molecular complexity index is 1450. The molecule has 1 aliphatic rings. The molecule has 1 aliphatic heterocycles. The zero-order valence-corrected chi connectivity index (χ0v) is 17.7. The number of rotatable bonds is 4. The molecule has 2 aromatic heterocycles. The van der Waals surface area contributed by atoms with Gasteiger partial charge >= 0.3 is 6.18 Å². The molecular formula is C24H13ClF3NO5. The number of nitrogens with zero attached hydrogens (tertiary/aromatic N) is 1. The molecule has 1 amide bonds. The summed E-state index contributed by atoms with van der Waals surface area (Å²) in [5, 5.41) is 11.6. The average molecular weight is 488 g/mol. The van der Waals surface area contributed by atoms with Gasteiger partial charge in [-0.3, -0.25) is 14.5 Å². The maximum absolute atomic E-state index is 13.4. The number of hydrogen-bond acceptors (Lipinski definition) is 5. The molecule has 5 rings (SSSR count). The van der Waals surface area contributed by atoms with E-state index in [1.165, 1.54) is 24.5 Å². The van der Waals surface area contributed by atoms with Crippen molar-refractivity contribution >= 4 is 39.9 Å². The second-order valence-electron chi connectivity index (χ2n) is 7.52. The number of halogens is 4. The van der Waals surface area contributed by atoms with Gasteiger partial charge in [0.25, 0.3) is 5.91 Å². The third kappa shape index (κ3) is 3.54. The second kappa shape index (κ2) is 7.81. The third-order valence-corrected chi connectivity index (χ3v) is 5.68. The van der Waals surface area contributed by atoms with Crippen LogP contribution < -0.4 is 4.90 Å². The van der Waals surface area contributed by atoms with Gasteiger partial charge in [0.05, 0.1) is 17.4 Å². The number of amides is 1. The summed E-state index contributed by atoms with van der Waals surface area (Å²) in [6, 6.07) is 11.7. The Balaban J connectivity index is 1.60. The smallest absolute Gasteiger partial charge is 0.416 e. The number of fused-ring (bicyclic) bond motifs is 1. The van der Waals surface area contributed by atoms with Gasteiger partial charge in [-0.15, -0.1) is 0 Å². The quantitative estimate of drug-likeness (QED) is 0.333. The van der Waals surface area contributed by atoms with E-state index in [0.717, 1.165) is 29.2 Å². The Kier molecular flexibility index (Phi) is 5.02. The molecule has 0 fully saturated rings. The third-order valence-electron chi connectivity index (χ3n) is 5.44. The highest BCUT2D eigenvalue weighted by Gasteiger charge is 2.47. The molecule has 34 heavy (non-hydrogen) atoms. The number of aliphatic hydroxyl groups excluding tert-OH is 1. The first kappa shape index (κ1) is 21.8. The number of furan rings is 2. The van der Waals surface area contributed by atoms with E-state index in [-0.39, 0.29) is 22.8 Å². The lowest BCUT2D eigenvalue weighted by Gasteiger charge is -2.25. The zero-order valence-electron chi connectivity index (χ0n) is 17.0. The van der Waals surface area contributed by atoms with Crippen LogP contribution >= 0.6 is 11.6 Å². The van der Waals surface area contributed by atoms with Crippen molar-refractivity contribution in [2.45, 2.75) is 12.2 Å². The van der Waals surface area contributed by atoms with Crippen LogP contribution in [0.15, 0.2) is 87.1 Å². The molecule has 1 N–H and O–H groups in total. The average Bonchev–Trinajstić information content (AvgIpc) is 3.52. The first-order valence-corrected chi connectivity index (χ1v) is 10.2. The van der Waals surface area contributed by atoms with E-state index in [2.05, 4.69) is 0 Å². The molecule has 0 aliphatic carbocycles. The van der Waals surface area contributed by atoms with Gasteiger partial charge in [-0.1, -0.05) is 11.6 Å². The molecule has 172 valence electrons. The van der Waals surface area contributed by atoms with E-state index in [1.54, 1.807) is 18.2 Å². The standard InChI is InChI=1S/C24H13ClF3NO5/c25-14-5-8-16-12(10-14)11-18(34-16)21(30)19-20(17-2-1-9-33-17)29(23(32)22(19)31)15-6-3-13(4-7-15)24(26,27)28/h1-11,20,31H. The number of Topliss-reactive ketones (excluding diaryl/α,β-unsaturated/α-hetero) is 1. The van der Waals surface area contributed by atoms with Crippen LogP contribution in [-0.2, 0) is 11.0 Å². The molecule has 6 nitrogen and oxygen atoms in total. The van der Waals surface area contributed by atoms with E-state index in [4.69, 9.17) is 20.4 Å². The predicted octanol–water partition coefficient (Wildman–Crippen LogP) is 6.48. The zero-order chi connectivity index (χ0) is 24.2. The number of hydrogen-bond donors (Lipinski definition) is 1. The van der Waals surface area contributed by atoms with E-state index in [1.807, 2.05) is 0 Å². The largest absolute Gasteiger partial charge is 0.503 e. The first-order chi connectivity index (χ1) is 16.1. The monoisotopic (exact) mass is 487 g/mol. The van der Waals surface area contributed by atoms with Crippen molar-refractivity contribution in [3.8, 4) is 0 Å². The predicted molar refractivity (Wildman–Crippen MR) is 116 cm³/mol. The van der Waals surface area contributed by atoms with Crippen LogP contribution in [0.3, 0.4) is 0 Å². The van der Waals surface area contributed by atoms with Crippen molar-refractivity contribution < 1.29 is 36.7 Å². The summed E-state index contributed by atoms with van der Waals surface area (Å²) in [5.74, 6) is -2.64. The number of carbonyl (C=O) groups is 2. The molecule has 0 saturated carbocycles. The van der Waals surface area contributed by atoms with Crippen LogP contribution in [0.2, 0.25) is 5.02 Å². The van der Waals surface area contributed by atoms with Crippen LogP contribution in [0.1, 0.15) is 27.9 Å². The Morgan fingerprint density at radius 2 is 1.79 bits per heavy atom. The van der Waals surface area contributed by atoms with Crippen molar-refractivity contribution in [1.29, 1.82) is 0 Å². The molecule has 0 saturated heterocycles. The lowest BCUT2D eigenvalue weighted by molar-refractivity contribution is -0.137. The maximum Gasteiger partial charge on any atom is 0.416 e. The number of ketones is 1. The Morgan fingerprint density at radius 3 is 2.44 bits per heavy atom. The van der Waals surface area contributed by atoms with Crippen LogP contribution in [-0.4, -0.2) is 16.8 Å². The topological polar surface area (TPSA) is 83.9 Å². The Morgan fingerprint density at radius 1 is 1.06 bits per heavy atom. The summed E-state index contributed by atoms with van der Waals surface area (Å²) >= 11 is 5.98. The molecule has 0 radical (unpaired) electrons. The summed E-state index contributed by atoms with van der Waals surface area (Å²) in [4.78, 5) is 27.4. The molecule has 2 aromatic carbocycles. The highest BCUT2D eigenvalue weighted by Crippen LogP contribution is 2.43. The van der Waals surface area contributed by atoms with Crippen molar-refractivity contribution in [3.63, 3.8) is 0 Å². The number of anilines is 1. The van der Waals surface area contributed by atoms with E-state index in [9.17, 15) is 27.9 Å². The first-order valence-electron chi connectivity index (χ1n) is 9.86. The fraction of sp³-hybridized carbons (Fsp3) is 0.0833. The van der Waals surface area contributed by atoms with Gasteiger partial charge in [0.15, 0.2) is 11.5 Å². The molecule has 0 bridgehead atoms. The SMILES string of the molecule is O=C(C1=C(O)C(=O)N(c2ccc(C(F)(F)F)cc2)C1c1ccco1)c1cc2cc(Cl)ccc2o1. The molecule has 3 heterocycles. The molecule has 10 heteroatoms. The maximum atomic E-state index is 13.4. The van der Waals surface area contributed by atoms with Crippen LogP contribution in [0.5, 0.6) is 0 Å². The van der Waals surface area contributed by atoms with E-state index < -0.39 is 35.2 Å². The lowest BCUT2D eigenvalue weighted by Crippen LogP contribution is -2.30. The summed E-state index contributed by atoms with van der Waals surface area (Å²) in [5.41, 5.74) is -0.840. The molecule has 0 spiro atoms. The normalized spacial score (nSPS) is 16.6. The summed E-state index contributed by atoms with van der Waals surface area (Å²) < 4.78 is 50.0. The highest BCUT2D eigenvalue weighted by molar-refractivity contribution is 6.31. The fourth-order valence-electron chi connectivity index (χ4n) is 3.89.